The number of rotatable bonds is 5. The molecule has 2 aromatic rings. The van der Waals surface area contributed by atoms with Crippen LogP contribution in [0.1, 0.15) is 12.8 Å². The van der Waals surface area contributed by atoms with Crippen molar-refractivity contribution in [3.63, 3.8) is 0 Å². The molecule has 0 aliphatic rings. The van der Waals surface area contributed by atoms with Gasteiger partial charge in [0.1, 0.15) is 0 Å². The Kier molecular flexibility index (Phi) is 4.57. The van der Waals surface area contributed by atoms with Crippen LogP contribution in [0.15, 0.2) is 27.1 Å². The second kappa shape index (κ2) is 6.17. The van der Waals surface area contributed by atoms with E-state index in [0.717, 1.165) is 16.7 Å². The second-order valence-electron chi connectivity index (χ2n) is 3.54. The van der Waals surface area contributed by atoms with Gasteiger partial charge >= 0.3 is 6.01 Å². The quantitative estimate of drug-likeness (QED) is 0.880. The Labute approximate surface area is 118 Å². The van der Waals surface area contributed by atoms with Crippen LogP contribution in [0.5, 0.6) is 0 Å². The topological polar surface area (TPSA) is 63.0 Å². The van der Waals surface area contributed by atoms with E-state index >= 15 is 0 Å². The summed E-state index contributed by atoms with van der Waals surface area (Å²) in [6.45, 7) is 3.43. The fourth-order valence-electron chi connectivity index (χ4n) is 1.30. The van der Waals surface area contributed by atoms with Gasteiger partial charge in [0.05, 0.1) is 11.6 Å². The maximum absolute atomic E-state index is 5.99. The first-order valence-electron chi connectivity index (χ1n) is 5.44. The zero-order valence-corrected chi connectivity index (χ0v) is 12.0. The first-order valence-corrected chi connectivity index (χ1v) is 6.61. The molecule has 0 saturated carbocycles. The van der Waals surface area contributed by atoms with Crippen molar-refractivity contribution in [2.45, 2.75) is 13.5 Å². The number of benzene rings is 1. The third-order valence-electron chi connectivity index (χ3n) is 2.16. The minimum absolute atomic E-state index is 0.348. The maximum Gasteiger partial charge on any atom is 0.320 e. The Bertz CT molecular complexity index is 532. The summed E-state index contributed by atoms with van der Waals surface area (Å²) in [4.78, 5) is 0. The summed E-state index contributed by atoms with van der Waals surface area (Å²) in [5.41, 5.74) is 0.793. The van der Waals surface area contributed by atoms with Crippen LogP contribution in [0.25, 0.3) is 0 Å². The van der Waals surface area contributed by atoms with Crippen LogP contribution in [0.3, 0.4) is 0 Å². The van der Waals surface area contributed by atoms with E-state index in [1.165, 1.54) is 0 Å². The van der Waals surface area contributed by atoms with Crippen LogP contribution < -0.4 is 10.6 Å². The van der Waals surface area contributed by atoms with Crippen LogP contribution in [-0.2, 0) is 6.54 Å². The first kappa shape index (κ1) is 13.3. The Morgan fingerprint density at radius 1 is 1.39 bits per heavy atom. The molecule has 96 valence electrons. The molecule has 2 N–H and O–H groups in total. The summed E-state index contributed by atoms with van der Waals surface area (Å²) in [6.07, 6.45) is 0. The predicted molar refractivity (Wildman–Crippen MR) is 74.1 cm³/mol. The van der Waals surface area contributed by atoms with E-state index in [-0.39, 0.29) is 0 Å². The Morgan fingerprint density at radius 2 is 2.22 bits per heavy atom. The number of anilines is 2. The number of halogens is 2. The monoisotopic (exact) mass is 330 g/mol. The van der Waals surface area contributed by atoms with E-state index in [0.29, 0.717) is 23.5 Å². The Hall–Kier alpha value is -1.11. The molecule has 0 aliphatic heterocycles. The minimum atomic E-state index is 0.348. The highest BCUT2D eigenvalue weighted by atomic mass is 79.9. The molecule has 2 rings (SSSR count). The standard InChI is InChI=1S/C11H12BrClN4O/c1-2-14-6-10-16-17-11(18-10)15-7-3-4-8(12)9(13)5-7/h3-5,14H,2,6H2,1H3,(H,15,17). The van der Waals surface area contributed by atoms with E-state index in [9.17, 15) is 0 Å². The van der Waals surface area contributed by atoms with Gasteiger partial charge in [0.15, 0.2) is 0 Å². The van der Waals surface area contributed by atoms with Crippen LogP contribution in [-0.4, -0.2) is 16.7 Å². The third kappa shape index (κ3) is 3.44. The average molecular weight is 332 g/mol. The predicted octanol–water partition coefficient (Wildman–Crippen LogP) is 3.34. The van der Waals surface area contributed by atoms with Gasteiger partial charge in [-0.1, -0.05) is 23.6 Å². The largest absolute Gasteiger partial charge is 0.406 e. The van der Waals surface area contributed by atoms with Gasteiger partial charge in [-0.05, 0) is 40.7 Å². The molecule has 0 unspecified atom stereocenters. The molecule has 0 bridgehead atoms. The first-order chi connectivity index (χ1) is 8.69. The molecule has 0 atom stereocenters. The van der Waals surface area contributed by atoms with Crippen molar-refractivity contribution in [2.75, 3.05) is 11.9 Å². The molecule has 1 heterocycles. The number of nitrogens with one attached hydrogen (secondary N) is 2. The zero-order valence-electron chi connectivity index (χ0n) is 9.70. The van der Waals surface area contributed by atoms with E-state index in [4.69, 9.17) is 16.0 Å². The molecule has 7 heteroatoms. The van der Waals surface area contributed by atoms with Crippen molar-refractivity contribution in [1.29, 1.82) is 0 Å². The summed E-state index contributed by atoms with van der Waals surface area (Å²) in [5, 5.41) is 14.5. The summed E-state index contributed by atoms with van der Waals surface area (Å²) in [5.74, 6) is 0.544. The van der Waals surface area contributed by atoms with Crippen molar-refractivity contribution in [3.05, 3.63) is 33.6 Å². The minimum Gasteiger partial charge on any atom is -0.406 e. The lowest BCUT2D eigenvalue weighted by Gasteiger charge is -2.02. The van der Waals surface area contributed by atoms with Gasteiger partial charge < -0.3 is 15.1 Å². The fraction of sp³-hybridized carbons (Fsp3) is 0.273. The average Bonchev–Trinajstić information content (AvgIpc) is 2.79. The molecule has 0 spiro atoms. The SMILES string of the molecule is CCNCc1nnc(Nc2ccc(Br)c(Cl)c2)o1. The maximum atomic E-state index is 5.99. The highest BCUT2D eigenvalue weighted by molar-refractivity contribution is 9.10. The van der Waals surface area contributed by atoms with Gasteiger partial charge in [0.25, 0.3) is 0 Å². The van der Waals surface area contributed by atoms with Crippen molar-refractivity contribution in [3.8, 4) is 0 Å². The van der Waals surface area contributed by atoms with E-state index in [2.05, 4.69) is 36.8 Å². The highest BCUT2D eigenvalue weighted by Crippen LogP contribution is 2.26. The molecule has 0 amide bonds. The molecular formula is C11H12BrClN4O. The molecule has 1 aromatic carbocycles. The van der Waals surface area contributed by atoms with Crippen molar-refractivity contribution < 1.29 is 4.42 Å². The smallest absolute Gasteiger partial charge is 0.320 e. The Morgan fingerprint density at radius 3 is 2.94 bits per heavy atom. The van der Waals surface area contributed by atoms with Gasteiger partial charge in [0, 0.05) is 10.2 Å². The lowest BCUT2D eigenvalue weighted by molar-refractivity contribution is 0.484. The van der Waals surface area contributed by atoms with Crippen LogP contribution in [0.4, 0.5) is 11.7 Å². The van der Waals surface area contributed by atoms with Crippen LogP contribution in [0.2, 0.25) is 5.02 Å². The molecule has 1 aromatic heterocycles. The molecular weight excluding hydrogens is 320 g/mol. The molecule has 18 heavy (non-hydrogen) atoms. The van der Waals surface area contributed by atoms with Gasteiger partial charge in [-0.3, -0.25) is 0 Å². The van der Waals surface area contributed by atoms with Crippen molar-refractivity contribution in [1.82, 2.24) is 15.5 Å². The Balaban J connectivity index is 2.04. The summed E-state index contributed by atoms with van der Waals surface area (Å²) >= 11 is 9.32. The van der Waals surface area contributed by atoms with Crippen LogP contribution in [0, 0.1) is 0 Å². The molecule has 0 aliphatic carbocycles. The number of nitrogens with zero attached hydrogens (tertiary/aromatic N) is 2. The van der Waals surface area contributed by atoms with E-state index in [1.807, 2.05) is 19.1 Å². The molecule has 0 radical (unpaired) electrons. The van der Waals surface area contributed by atoms with Crippen molar-refractivity contribution in [2.24, 2.45) is 0 Å². The van der Waals surface area contributed by atoms with E-state index in [1.54, 1.807) is 6.07 Å². The zero-order chi connectivity index (χ0) is 13.0. The third-order valence-corrected chi connectivity index (χ3v) is 3.40. The van der Waals surface area contributed by atoms with E-state index < -0.39 is 0 Å². The van der Waals surface area contributed by atoms with Gasteiger partial charge in [0.2, 0.25) is 5.89 Å². The van der Waals surface area contributed by atoms with Crippen LogP contribution >= 0.6 is 27.5 Å². The highest BCUT2D eigenvalue weighted by Gasteiger charge is 2.06. The summed E-state index contributed by atoms with van der Waals surface area (Å²) < 4.78 is 6.25. The summed E-state index contributed by atoms with van der Waals surface area (Å²) in [6, 6.07) is 5.84. The number of aromatic nitrogens is 2. The van der Waals surface area contributed by atoms with Gasteiger partial charge in [-0.2, -0.15) is 0 Å². The number of hydrogen-bond donors (Lipinski definition) is 2. The molecule has 5 nitrogen and oxygen atoms in total. The fourth-order valence-corrected chi connectivity index (χ4v) is 1.73. The second-order valence-corrected chi connectivity index (χ2v) is 4.80. The number of hydrogen-bond acceptors (Lipinski definition) is 5. The lowest BCUT2D eigenvalue weighted by atomic mass is 10.3. The summed E-state index contributed by atoms with van der Waals surface area (Å²) in [7, 11) is 0. The normalized spacial score (nSPS) is 10.6. The van der Waals surface area contributed by atoms with Gasteiger partial charge in [-0.25, -0.2) is 0 Å². The van der Waals surface area contributed by atoms with Crippen molar-refractivity contribution >= 4 is 39.2 Å². The molecule has 0 saturated heterocycles. The van der Waals surface area contributed by atoms with Gasteiger partial charge in [-0.15, -0.1) is 5.10 Å². The lowest BCUT2D eigenvalue weighted by Crippen LogP contribution is -2.11. The molecule has 0 fully saturated rings.